The van der Waals surface area contributed by atoms with E-state index in [0.717, 1.165) is 62.3 Å². The van der Waals surface area contributed by atoms with E-state index in [-0.39, 0.29) is 0 Å². The molecule has 4 aliphatic rings. The molecule has 2 aliphatic heterocycles. The summed E-state index contributed by atoms with van der Waals surface area (Å²) in [5.41, 5.74) is 16.8. The van der Waals surface area contributed by atoms with Gasteiger partial charge < -0.3 is 14.4 Å². The van der Waals surface area contributed by atoms with Crippen molar-refractivity contribution in [2.45, 2.75) is 10.8 Å². The lowest BCUT2D eigenvalue weighted by molar-refractivity contribution is 0.436. The van der Waals surface area contributed by atoms with Crippen LogP contribution >= 0.6 is 0 Å². The van der Waals surface area contributed by atoms with Crippen LogP contribution in [0.4, 0.5) is 17.1 Å². The van der Waals surface area contributed by atoms with Gasteiger partial charge in [0.15, 0.2) is 0 Å². The maximum Gasteiger partial charge on any atom is 0.132 e. The van der Waals surface area contributed by atoms with E-state index in [2.05, 4.69) is 241 Å². The van der Waals surface area contributed by atoms with E-state index in [1.54, 1.807) is 0 Å². The molecule has 0 unspecified atom stereocenters. The Balaban J connectivity index is 0.989. The fourth-order valence-electron chi connectivity index (χ4n) is 12.6. The minimum Gasteiger partial charge on any atom is -0.457 e. The number of rotatable bonds is 3. The van der Waals surface area contributed by atoms with Crippen LogP contribution in [-0.4, -0.2) is 0 Å². The first-order chi connectivity index (χ1) is 33.2. The fraction of sp³-hybridized carbons (Fsp3) is 0.0312. The molecule has 0 N–H and O–H groups in total. The summed E-state index contributed by atoms with van der Waals surface area (Å²) in [7, 11) is 0. The summed E-state index contributed by atoms with van der Waals surface area (Å²) in [6.07, 6.45) is 0. The maximum atomic E-state index is 6.66. The number of para-hydroxylation sites is 4. The number of hydrogen-bond donors (Lipinski definition) is 0. The van der Waals surface area contributed by atoms with Crippen molar-refractivity contribution in [2.24, 2.45) is 0 Å². The first-order valence-corrected chi connectivity index (χ1v) is 23.2. The zero-order chi connectivity index (χ0) is 43.8. The highest BCUT2D eigenvalue weighted by Gasteiger charge is 2.52. The van der Waals surface area contributed by atoms with Gasteiger partial charge in [0.1, 0.15) is 23.0 Å². The molecule has 67 heavy (non-hydrogen) atoms. The molecule has 3 nitrogen and oxygen atoms in total. The maximum absolute atomic E-state index is 6.66. The Morgan fingerprint density at radius 1 is 0.254 bits per heavy atom. The molecule has 3 heteroatoms. The van der Waals surface area contributed by atoms with Gasteiger partial charge in [-0.2, -0.15) is 0 Å². The zero-order valence-corrected chi connectivity index (χ0v) is 36.3. The standard InChI is InChI=1S/C64H39NO2/c1-2-16-45-40(15-1)29-30-41-37-42(31-34-46(41)45)65(43-32-35-53-49(38-43)47-17-3-5-19-51(47)63(53)55-21-7-11-25-59(55)66-60-26-12-8-22-56(60)63)44-33-36-54-50(39-44)48-18-4-6-20-52(48)64(54)57-23-9-13-27-61(57)67-62-28-14-10-24-58(62)64/h1-39H. The minimum atomic E-state index is -0.549. The van der Waals surface area contributed by atoms with Crippen molar-refractivity contribution in [2.75, 3.05) is 4.90 Å². The number of ether oxygens (including phenoxy) is 2. The highest BCUT2D eigenvalue weighted by Crippen LogP contribution is 2.64. The molecule has 11 aromatic rings. The second-order valence-electron chi connectivity index (χ2n) is 18.3. The van der Waals surface area contributed by atoms with Crippen molar-refractivity contribution < 1.29 is 9.47 Å². The predicted octanol–water partition coefficient (Wildman–Crippen LogP) is 16.4. The number of benzene rings is 11. The molecule has 0 radical (unpaired) electrons. The first kappa shape index (κ1) is 36.7. The molecule has 0 atom stereocenters. The van der Waals surface area contributed by atoms with Crippen LogP contribution in [0.5, 0.6) is 23.0 Å². The van der Waals surface area contributed by atoms with Crippen LogP contribution < -0.4 is 14.4 Å². The SMILES string of the molecule is c1ccc2c(c1)Oc1ccccc1C21c2ccccc2-c2cc(N(c3ccc4c(c3)-c3ccccc3C43c4ccccc4Oc4ccccc43)c3ccc4c(ccc5ccccc54)c3)ccc21. The van der Waals surface area contributed by atoms with Gasteiger partial charge in [-0.3, -0.25) is 0 Å². The summed E-state index contributed by atoms with van der Waals surface area (Å²) < 4.78 is 13.3. The van der Waals surface area contributed by atoms with E-state index in [4.69, 9.17) is 9.47 Å². The van der Waals surface area contributed by atoms with Gasteiger partial charge in [0.2, 0.25) is 0 Å². The predicted molar refractivity (Wildman–Crippen MR) is 271 cm³/mol. The third-order valence-corrected chi connectivity index (χ3v) is 15.2. The molecule has 15 rings (SSSR count). The minimum absolute atomic E-state index is 0.549. The largest absolute Gasteiger partial charge is 0.457 e. The van der Waals surface area contributed by atoms with Crippen molar-refractivity contribution in [3.05, 3.63) is 281 Å². The summed E-state index contributed by atoms with van der Waals surface area (Å²) >= 11 is 0. The highest BCUT2D eigenvalue weighted by molar-refractivity contribution is 6.09. The third-order valence-electron chi connectivity index (χ3n) is 15.2. The lowest BCUT2D eigenvalue weighted by atomic mass is 9.66. The molecule has 0 bridgehead atoms. The van der Waals surface area contributed by atoms with Gasteiger partial charge in [-0.25, -0.2) is 0 Å². The van der Waals surface area contributed by atoms with E-state index < -0.39 is 10.8 Å². The Hall–Kier alpha value is -8.66. The number of fused-ring (bicyclic) bond motifs is 21. The second-order valence-corrected chi connectivity index (χ2v) is 18.3. The van der Waals surface area contributed by atoms with Gasteiger partial charge >= 0.3 is 0 Å². The van der Waals surface area contributed by atoms with E-state index in [1.165, 1.54) is 66.1 Å². The van der Waals surface area contributed by atoms with Gasteiger partial charge in [0.05, 0.1) is 10.8 Å². The Morgan fingerprint density at radius 2 is 0.612 bits per heavy atom. The van der Waals surface area contributed by atoms with Crippen LogP contribution in [0, 0.1) is 0 Å². The molecule has 0 amide bonds. The van der Waals surface area contributed by atoms with Crippen LogP contribution in [0.25, 0.3) is 43.8 Å². The van der Waals surface area contributed by atoms with Crippen molar-refractivity contribution in [1.29, 1.82) is 0 Å². The molecule has 312 valence electrons. The van der Waals surface area contributed by atoms with Gasteiger partial charge in [-0.05, 0) is 127 Å². The quantitative estimate of drug-likeness (QED) is 0.165. The van der Waals surface area contributed by atoms with Crippen LogP contribution in [0.2, 0.25) is 0 Å². The number of hydrogen-bond acceptors (Lipinski definition) is 3. The summed E-state index contributed by atoms with van der Waals surface area (Å²) in [6, 6.07) is 86.8. The zero-order valence-electron chi connectivity index (χ0n) is 36.3. The van der Waals surface area contributed by atoms with Crippen molar-refractivity contribution >= 4 is 38.6 Å². The van der Waals surface area contributed by atoms with Crippen LogP contribution in [0.1, 0.15) is 44.5 Å². The Morgan fingerprint density at radius 3 is 1.12 bits per heavy atom. The van der Waals surface area contributed by atoms with Gasteiger partial charge in [0.25, 0.3) is 0 Å². The normalized spacial score (nSPS) is 14.4. The average Bonchev–Trinajstić information content (AvgIpc) is 3.84. The first-order valence-electron chi connectivity index (χ1n) is 23.2. The van der Waals surface area contributed by atoms with Crippen molar-refractivity contribution in [3.63, 3.8) is 0 Å². The molecule has 0 saturated carbocycles. The van der Waals surface area contributed by atoms with Crippen LogP contribution in [0.15, 0.2) is 237 Å². The summed E-state index contributed by atoms with van der Waals surface area (Å²) in [5, 5.41) is 4.93. The Kier molecular flexibility index (Phi) is 7.36. The van der Waals surface area contributed by atoms with E-state index >= 15 is 0 Å². The molecule has 0 saturated heterocycles. The summed E-state index contributed by atoms with van der Waals surface area (Å²) in [4.78, 5) is 2.47. The van der Waals surface area contributed by atoms with Gasteiger partial charge in [0, 0.05) is 39.3 Å². The van der Waals surface area contributed by atoms with E-state index in [9.17, 15) is 0 Å². The van der Waals surface area contributed by atoms with Gasteiger partial charge in [-0.15, -0.1) is 0 Å². The molecule has 2 aliphatic carbocycles. The Labute approximate surface area is 388 Å². The third kappa shape index (κ3) is 4.75. The van der Waals surface area contributed by atoms with Crippen molar-refractivity contribution in [3.8, 4) is 45.3 Å². The fourth-order valence-corrected chi connectivity index (χ4v) is 12.6. The molecule has 2 heterocycles. The van der Waals surface area contributed by atoms with Crippen LogP contribution in [-0.2, 0) is 10.8 Å². The lowest BCUT2D eigenvalue weighted by Gasteiger charge is -2.39. The van der Waals surface area contributed by atoms with Gasteiger partial charge in [-0.1, -0.05) is 176 Å². The summed E-state index contributed by atoms with van der Waals surface area (Å²) in [6.45, 7) is 0. The molecular formula is C64H39NO2. The monoisotopic (exact) mass is 853 g/mol. The molecule has 11 aromatic carbocycles. The molecule has 0 aromatic heterocycles. The highest BCUT2D eigenvalue weighted by atomic mass is 16.5. The Bertz CT molecular complexity index is 3630. The molecular weight excluding hydrogens is 815 g/mol. The summed E-state index contributed by atoms with van der Waals surface area (Å²) in [5.74, 6) is 3.57. The lowest BCUT2D eigenvalue weighted by Crippen LogP contribution is -2.32. The molecule has 0 fully saturated rings. The number of anilines is 3. The molecule has 2 spiro atoms. The topological polar surface area (TPSA) is 21.7 Å². The number of nitrogens with zero attached hydrogens (tertiary/aromatic N) is 1. The second kappa shape index (κ2) is 13.4. The van der Waals surface area contributed by atoms with E-state index in [0.29, 0.717) is 0 Å². The van der Waals surface area contributed by atoms with E-state index in [1.807, 2.05) is 0 Å². The average molecular weight is 854 g/mol. The van der Waals surface area contributed by atoms with Crippen LogP contribution in [0.3, 0.4) is 0 Å². The smallest absolute Gasteiger partial charge is 0.132 e. The van der Waals surface area contributed by atoms with Crippen molar-refractivity contribution in [1.82, 2.24) is 0 Å².